The van der Waals surface area contributed by atoms with Crippen molar-refractivity contribution in [3.05, 3.63) is 36.4 Å². The molecule has 2 heteroatoms. The minimum Gasteiger partial charge on any atom is -0.184 e. The van der Waals surface area contributed by atoms with Crippen LogP contribution in [0.1, 0.15) is 0 Å². The summed E-state index contributed by atoms with van der Waals surface area (Å²) in [6.07, 6.45) is 0. The molecule has 0 heterocycles. The van der Waals surface area contributed by atoms with Gasteiger partial charge in [-0.3, -0.25) is 0 Å². The second-order valence-electron chi connectivity index (χ2n) is 1.08. The average Bonchev–Trinajstić information content (AvgIpc) is 1.72. The molecule has 0 amide bonds. The zero-order valence-electron chi connectivity index (χ0n) is 4.39. The molecule has 0 saturated carbocycles. The van der Waals surface area contributed by atoms with Gasteiger partial charge in [-0.05, 0) is 0 Å². The summed E-state index contributed by atoms with van der Waals surface area (Å²) in [6, 6.07) is 12.5. The topological polar surface area (TPSA) is 0 Å². The predicted octanol–water partition coefficient (Wildman–Crippen LogP) is 1.48. The molecule has 8 heavy (non-hydrogen) atoms. The van der Waals surface area contributed by atoms with Gasteiger partial charge in [0.05, 0.1) is 0 Å². The van der Waals surface area contributed by atoms with Crippen LogP contribution in [0, 0.1) is 6.07 Å². The summed E-state index contributed by atoms with van der Waals surface area (Å²) in [5.74, 6) is 0. The van der Waals surface area contributed by atoms with Crippen molar-refractivity contribution >= 4 is 0 Å². The van der Waals surface area contributed by atoms with Crippen LogP contribution in [0.15, 0.2) is 30.3 Å². The van der Waals surface area contributed by atoms with Crippen LogP contribution in [0.5, 0.6) is 0 Å². The van der Waals surface area contributed by atoms with E-state index in [1.165, 1.54) is 0 Å². The van der Waals surface area contributed by atoms with Crippen LogP contribution in [-0.2, 0) is 43.4 Å². The largest absolute Gasteiger partial charge is 0.184 e. The van der Waals surface area contributed by atoms with Gasteiger partial charge in [0.1, 0.15) is 0 Å². The molecule has 38 valence electrons. The molecule has 0 aliphatic carbocycles. The second kappa shape index (κ2) is 7.65. The minimum absolute atomic E-state index is 0. The Morgan fingerprint density at radius 2 is 1.25 bits per heavy atom. The first-order valence-corrected chi connectivity index (χ1v) is 1.91. The Bertz CT molecular complexity index is 78.5. The second-order valence-corrected chi connectivity index (χ2v) is 1.08. The summed E-state index contributed by atoms with van der Waals surface area (Å²) in [5.41, 5.74) is 0. The van der Waals surface area contributed by atoms with Gasteiger partial charge in [0.15, 0.2) is 0 Å². The van der Waals surface area contributed by atoms with Crippen molar-refractivity contribution in [2.75, 3.05) is 0 Å². The van der Waals surface area contributed by atoms with Crippen molar-refractivity contribution < 1.29 is 43.4 Å². The maximum atomic E-state index is 2.89. The molecule has 0 unspecified atom stereocenters. The van der Waals surface area contributed by atoms with E-state index in [1.54, 1.807) is 0 Å². The molecule has 0 atom stereocenters. The molecule has 1 rings (SSSR count). The molecule has 0 aliphatic heterocycles. The van der Waals surface area contributed by atoms with Crippen LogP contribution in [-0.4, -0.2) is 0 Å². The Hall–Kier alpha value is 0.649. The number of hydrogen-bond donors (Lipinski definition) is 0. The third-order valence-corrected chi connectivity index (χ3v) is 0.607. The smallest absolute Gasteiger partial charge is 0 e. The Balaban J connectivity index is 0. The van der Waals surface area contributed by atoms with Crippen LogP contribution in [0.2, 0.25) is 0 Å². The fraction of sp³-hybridized carbons (Fsp3) is 0. The van der Waals surface area contributed by atoms with E-state index in [2.05, 4.69) is 6.07 Å². The van der Waals surface area contributed by atoms with Gasteiger partial charge in [-0.15, -0.1) is 0 Å². The van der Waals surface area contributed by atoms with Crippen LogP contribution in [0.3, 0.4) is 0 Å². The maximum absolute atomic E-state index is 2.89. The Morgan fingerprint density at radius 1 is 0.750 bits per heavy atom. The van der Waals surface area contributed by atoms with E-state index in [0.29, 0.717) is 0 Å². The average molecular weight is 173 g/mol. The predicted molar refractivity (Wildman–Crippen MR) is 25.3 cm³/mol. The molecule has 0 radical (unpaired) electrons. The van der Waals surface area contributed by atoms with Gasteiger partial charge >= 0.3 is 0 Å². The Kier molecular flexibility index (Phi) is 10.9. The summed E-state index contributed by atoms with van der Waals surface area (Å²) in [5, 5.41) is 0. The van der Waals surface area contributed by atoms with Gasteiger partial charge < -0.3 is 0 Å². The van der Waals surface area contributed by atoms with Crippen LogP contribution in [0.4, 0.5) is 0 Å². The van der Waals surface area contributed by atoms with Crippen LogP contribution < -0.4 is 0 Å². The van der Waals surface area contributed by atoms with Gasteiger partial charge in [-0.25, -0.2) is 0 Å². The van der Waals surface area contributed by atoms with Gasteiger partial charge in [-0.1, -0.05) is 0 Å². The summed E-state index contributed by atoms with van der Waals surface area (Å²) >= 11 is 0. The first-order valence-electron chi connectivity index (χ1n) is 1.91. The van der Waals surface area contributed by atoms with Crippen LogP contribution >= 0.6 is 0 Å². The molecule has 0 spiro atoms. The first kappa shape index (κ1) is 11.4. The normalized spacial score (nSPS) is 6.00. The number of benzene rings is 1. The molecule has 0 N–H and O–H groups in total. The fourth-order valence-corrected chi connectivity index (χ4v) is 0.342. The summed E-state index contributed by atoms with van der Waals surface area (Å²) in [6.45, 7) is 0. The van der Waals surface area contributed by atoms with E-state index < -0.39 is 0 Å². The third-order valence-electron chi connectivity index (χ3n) is 0.607. The van der Waals surface area contributed by atoms with Crippen molar-refractivity contribution in [3.63, 3.8) is 0 Å². The SMILES string of the molecule is [Ti].[Ti].[c-]1ccccc1. The third kappa shape index (κ3) is 4.80. The van der Waals surface area contributed by atoms with E-state index in [4.69, 9.17) is 0 Å². The van der Waals surface area contributed by atoms with Gasteiger partial charge in [0.2, 0.25) is 0 Å². The molecule has 0 aromatic heterocycles. The van der Waals surface area contributed by atoms with Crippen molar-refractivity contribution in [1.82, 2.24) is 0 Å². The van der Waals surface area contributed by atoms with Crippen LogP contribution in [0.25, 0.3) is 0 Å². The number of hydrogen-bond acceptors (Lipinski definition) is 0. The van der Waals surface area contributed by atoms with Gasteiger partial charge in [0, 0.05) is 43.4 Å². The Morgan fingerprint density at radius 3 is 1.38 bits per heavy atom. The van der Waals surface area contributed by atoms with E-state index in [-0.39, 0.29) is 43.4 Å². The molecule has 1 aromatic rings. The maximum Gasteiger partial charge on any atom is 0 e. The zero-order chi connectivity index (χ0) is 4.24. The Labute approximate surface area is 79.4 Å². The molecule has 0 nitrogen and oxygen atoms in total. The molecular formula is C6H5Ti2-. The van der Waals surface area contributed by atoms with E-state index in [1.807, 2.05) is 30.3 Å². The van der Waals surface area contributed by atoms with E-state index in [9.17, 15) is 0 Å². The molecule has 0 saturated heterocycles. The summed E-state index contributed by atoms with van der Waals surface area (Å²) < 4.78 is 0. The molecule has 0 fully saturated rings. The quantitative estimate of drug-likeness (QED) is 0.411. The first-order chi connectivity index (χ1) is 3.00. The van der Waals surface area contributed by atoms with Crippen molar-refractivity contribution in [2.45, 2.75) is 0 Å². The van der Waals surface area contributed by atoms with Crippen molar-refractivity contribution in [1.29, 1.82) is 0 Å². The fourth-order valence-electron chi connectivity index (χ4n) is 0.342. The minimum atomic E-state index is 0. The summed E-state index contributed by atoms with van der Waals surface area (Å²) in [7, 11) is 0. The molecule has 1 aromatic carbocycles. The molecule has 0 aliphatic rings. The van der Waals surface area contributed by atoms with E-state index >= 15 is 0 Å². The van der Waals surface area contributed by atoms with Crippen molar-refractivity contribution in [2.24, 2.45) is 0 Å². The van der Waals surface area contributed by atoms with Gasteiger partial charge in [0.25, 0.3) is 0 Å². The van der Waals surface area contributed by atoms with Gasteiger partial charge in [-0.2, -0.15) is 36.4 Å². The summed E-state index contributed by atoms with van der Waals surface area (Å²) in [4.78, 5) is 0. The molecule has 0 bridgehead atoms. The zero-order valence-corrected chi connectivity index (χ0v) is 7.51. The molecular weight excluding hydrogens is 168 g/mol. The monoisotopic (exact) mass is 173 g/mol. The van der Waals surface area contributed by atoms with Crippen molar-refractivity contribution in [3.8, 4) is 0 Å². The van der Waals surface area contributed by atoms with E-state index in [0.717, 1.165) is 0 Å². The standard InChI is InChI=1S/C6H5.2Ti/c1-2-4-6-5-3-1;;/h1-5H;;/q-1;;. The number of rotatable bonds is 0.